The molecule has 1 N–H and O–H groups in total. The normalized spacial score (nSPS) is 21.5. The molecule has 5 heteroatoms. The highest BCUT2D eigenvalue weighted by atomic mass is 16.3. The van der Waals surface area contributed by atoms with Crippen LogP contribution in [0.4, 0.5) is 0 Å². The summed E-state index contributed by atoms with van der Waals surface area (Å²) in [5.74, 6) is 1.28. The zero-order valence-electron chi connectivity index (χ0n) is 18.0. The number of rotatable bonds is 8. The minimum absolute atomic E-state index is 0.131. The smallest absolute Gasteiger partial charge is 0.224 e. The van der Waals surface area contributed by atoms with Crippen LogP contribution in [0.15, 0.2) is 53.1 Å². The highest BCUT2D eigenvalue weighted by Crippen LogP contribution is 2.24. The van der Waals surface area contributed by atoms with E-state index in [-0.39, 0.29) is 11.8 Å². The van der Waals surface area contributed by atoms with Crippen molar-refractivity contribution in [2.24, 2.45) is 5.92 Å². The van der Waals surface area contributed by atoms with Gasteiger partial charge in [-0.05, 0) is 69.4 Å². The molecule has 1 aromatic heterocycles. The van der Waals surface area contributed by atoms with Gasteiger partial charge in [0.05, 0.1) is 12.2 Å². The molecule has 30 heavy (non-hydrogen) atoms. The van der Waals surface area contributed by atoms with Gasteiger partial charge < -0.3 is 14.6 Å². The number of likely N-dealkylation sites (tertiary alicyclic amines) is 2. The Kier molecular flexibility index (Phi) is 7.59. The molecule has 3 heterocycles. The number of nitrogens with one attached hydrogen (secondary N) is 1. The quantitative estimate of drug-likeness (QED) is 0.726. The summed E-state index contributed by atoms with van der Waals surface area (Å²) in [5, 5.41) is 3.12. The predicted molar refractivity (Wildman–Crippen MR) is 119 cm³/mol. The molecule has 0 unspecified atom stereocenters. The molecule has 2 saturated heterocycles. The Morgan fingerprint density at radius 1 is 1.00 bits per heavy atom. The molecule has 0 aliphatic carbocycles. The summed E-state index contributed by atoms with van der Waals surface area (Å²) < 4.78 is 5.34. The van der Waals surface area contributed by atoms with Gasteiger partial charge >= 0.3 is 0 Å². The molecule has 0 radical (unpaired) electrons. The fourth-order valence-corrected chi connectivity index (χ4v) is 4.90. The highest BCUT2D eigenvalue weighted by molar-refractivity contribution is 5.78. The Bertz CT molecular complexity index is 754. The van der Waals surface area contributed by atoms with E-state index in [1.807, 2.05) is 12.1 Å². The number of benzene rings is 1. The topological polar surface area (TPSA) is 48.7 Å². The van der Waals surface area contributed by atoms with Gasteiger partial charge in [-0.3, -0.25) is 9.69 Å². The molecular weight excluding hydrogens is 374 g/mol. The number of nitrogens with zero attached hydrogens (tertiary/aromatic N) is 2. The van der Waals surface area contributed by atoms with E-state index in [0.717, 1.165) is 51.1 Å². The number of carbonyl (C=O) groups is 1. The van der Waals surface area contributed by atoms with Crippen molar-refractivity contribution in [1.82, 2.24) is 15.1 Å². The number of hydrogen-bond donors (Lipinski definition) is 1. The van der Waals surface area contributed by atoms with E-state index in [0.29, 0.717) is 12.6 Å². The third-order valence-electron chi connectivity index (χ3n) is 6.71. The van der Waals surface area contributed by atoms with Gasteiger partial charge in [-0.25, -0.2) is 0 Å². The van der Waals surface area contributed by atoms with Gasteiger partial charge in [-0.1, -0.05) is 30.3 Å². The third-order valence-corrected chi connectivity index (χ3v) is 6.71. The minimum atomic E-state index is 0.131. The second-order valence-electron chi connectivity index (χ2n) is 8.76. The van der Waals surface area contributed by atoms with Gasteiger partial charge in [0.15, 0.2) is 0 Å². The van der Waals surface area contributed by atoms with Crippen LogP contribution < -0.4 is 5.32 Å². The molecule has 1 amide bonds. The van der Waals surface area contributed by atoms with Crippen molar-refractivity contribution in [2.45, 2.75) is 44.6 Å². The Morgan fingerprint density at radius 2 is 1.83 bits per heavy atom. The van der Waals surface area contributed by atoms with Crippen molar-refractivity contribution in [2.75, 3.05) is 39.3 Å². The van der Waals surface area contributed by atoms with E-state index in [1.54, 1.807) is 6.26 Å². The van der Waals surface area contributed by atoms with Crippen LogP contribution in [0.1, 0.15) is 37.0 Å². The molecule has 0 saturated carbocycles. The molecule has 0 spiro atoms. The summed E-state index contributed by atoms with van der Waals surface area (Å²) in [7, 11) is 0. The maximum atomic E-state index is 12.7. The Hall–Kier alpha value is -2.11. The van der Waals surface area contributed by atoms with E-state index < -0.39 is 0 Å². The first-order chi connectivity index (χ1) is 14.8. The fraction of sp³-hybridized carbons (Fsp3) is 0.560. The van der Waals surface area contributed by atoms with E-state index in [1.165, 1.54) is 31.5 Å². The minimum Gasteiger partial charge on any atom is -0.469 e. The molecule has 1 atom stereocenters. The predicted octanol–water partition coefficient (Wildman–Crippen LogP) is 3.36. The highest BCUT2D eigenvalue weighted by Gasteiger charge is 2.31. The fourth-order valence-electron chi connectivity index (χ4n) is 4.90. The van der Waals surface area contributed by atoms with Crippen molar-refractivity contribution in [3.63, 3.8) is 0 Å². The maximum Gasteiger partial charge on any atom is 0.224 e. The molecular formula is C25H35N3O2. The first-order valence-corrected chi connectivity index (χ1v) is 11.6. The molecule has 5 nitrogen and oxygen atoms in total. The average molecular weight is 410 g/mol. The summed E-state index contributed by atoms with van der Waals surface area (Å²) in [6.07, 6.45) is 8.17. The van der Waals surface area contributed by atoms with Crippen molar-refractivity contribution < 1.29 is 9.21 Å². The second kappa shape index (κ2) is 10.8. The summed E-state index contributed by atoms with van der Waals surface area (Å²) in [5.41, 5.74) is 1.43. The third kappa shape index (κ3) is 5.96. The van der Waals surface area contributed by atoms with Gasteiger partial charge in [-0.2, -0.15) is 0 Å². The van der Waals surface area contributed by atoms with Crippen molar-refractivity contribution in [3.05, 3.63) is 60.1 Å². The Balaban J connectivity index is 1.17. The summed E-state index contributed by atoms with van der Waals surface area (Å²) in [4.78, 5) is 17.8. The van der Waals surface area contributed by atoms with Crippen molar-refractivity contribution in [3.8, 4) is 0 Å². The zero-order chi connectivity index (χ0) is 20.6. The number of piperidine rings is 2. The molecule has 162 valence electrons. The molecule has 2 fully saturated rings. The molecule has 2 aliphatic rings. The van der Waals surface area contributed by atoms with Crippen LogP contribution in [0.25, 0.3) is 0 Å². The van der Waals surface area contributed by atoms with Crippen LogP contribution in [0, 0.1) is 5.92 Å². The van der Waals surface area contributed by atoms with Gasteiger partial charge in [0.1, 0.15) is 5.76 Å². The summed E-state index contributed by atoms with van der Waals surface area (Å²) >= 11 is 0. The van der Waals surface area contributed by atoms with Gasteiger partial charge in [-0.15, -0.1) is 0 Å². The van der Waals surface area contributed by atoms with Gasteiger partial charge in [0, 0.05) is 32.1 Å². The number of amides is 1. The first kappa shape index (κ1) is 21.1. The van der Waals surface area contributed by atoms with Crippen LogP contribution in [0.3, 0.4) is 0 Å². The average Bonchev–Trinajstić information content (AvgIpc) is 3.32. The summed E-state index contributed by atoms with van der Waals surface area (Å²) in [6, 6.07) is 15.3. The van der Waals surface area contributed by atoms with E-state index in [9.17, 15) is 4.79 Å². The van der Waals surface area contributed by atoms with Crippen molar-refractivity contribution in [1.29, 1.82) is 0 Å². The Labute approximate surface area is 180 Å². The van der Waals surface area contributed by atoms with Crippen LogP contribution in [-0.2, 0) is 17.6 Å². The molecule has 2 aliphatic heterocycles. The maximum absolute atomic E-state index is 12.7. The van der Waals surface area contributed by atoms with Crippen LogP contribution in [0.2, 0.25) is 0 Å². The first-order valence-electron chi connectivity index (χ1n) is 11.6. The Morgan fingerprint density at radius 3 is 2.60 bits per heavy atom. The number of furan rings is 1. The van der Waals surface area contributed by atoms with Crippen molar-refractivity contribution >= 4 is 5.91 Å². The van der Waals surface area contributed by atoms with E-state index >= 15 is 0 Å². The zero-order valence-corrected chi connectivity index (χ0v) is 18.0. The lowest BCUT2D eigenvalue weighted by Gasteiger charge is -2.42. The standard InChI is InChI=1S/C25H35N3O2/c29-25(26-14-10-24-9-5-19-30-24)22-8-4-15-28(20-22)23-12-17-27(18-13-23)16-11-21-6-2-1-3-7-21/h1-3,5-7,9,19,22-23H,4,8,10-18,20H2,(H,26,29)/t22-/m1/s1. The van der Waals surface area contributed by atoms with E-state index in [2.05, 4.69) is 45.4 Å². The SMILES string of the molecule is O=C(NCCc1ccco1)[C@@H]1CCCN(C2CCN(CCc3ccccc3)CC2)C1. The number of hydrogen-bond acceptors (Lipinski definition) is 4. The molecule has 2 aromatic rings. The largest absolute Gasteiger partial charge is 0.469 e. The molecule has 4 rings (SSSR count). The van der Waals surface area contributed by atoms with Crippen LogP contribution in [0.5, 0.6) is 0 Å². The lowest BCUT2D eigenvalue weighted by atomic mass is 9.93. The van der Waals surface area contributed by atoms with Gasteiger partial charge in [0.2, 0.25) is 5.91 Å². The van der Waals surface area contributed by atoms with Crippen LogP contribution in [-0.4, -0.2) is 61.0 Å². The van der Waals surface area contributed by atoms with Crippen LogP contribution >= 0.6 is 0 Å². The molecule has 0 bridgehead atoms. The lowest BCUT2D eigenvalue weighted by Crippen LogP contribution is -2.51. The molecule has 1 aromatic carbocycles. The van der Waals surface area contributed by atoms with Gasteiger partial charge in [0.25, 0.3) is 0 Å². The lowest BCUT2D eigenvalue weighted by molar-refractivity contribution is -0.127. The number of carbonyl (C=O) groups excluding carboxylic acids is 1. The van der Waals surface area contributed by atoms with E-state index in [4.69, 9.17) is 4.42 Å². The monoisotopic (exact) mass is 409 g/mol. The summed E-state index contributed by atoms with van der Waals surface area (Å²) in [6.45, 7) is 6.22. The second-order valence-corrected chi connectivity index (χ2v) is 8.76.